The Balaban J connectivity index is 1.52. The van der Waals surface area contributed by atoms with Crippen molar-refractivity contribution in [3.8, 4) is 6.07 Å². The molecular weight excluding hydrogens is 370 g/mol. The molecule has 4 rings (SSSR count). The molecule has 2 saturated heterocycles. The third kappa shape index (κ3) is 4.11. The summed E-state index contributed by atoms with van der Waals surface area (Å²) in [5.41, 5.74) is 7.15. The zero-order valence-electron chi connectivity index (χ0n) is 18.6. The lowest BCUT2D eigenvalue weighted by Crippen LogP contribution is -2.47. The van der Waals surface area contributed by atoms with Crippen LogP contribution in [0.4, 0.5) is 17.1 Å². The van der Waals surface area contributed by atoms with Crippen molar-refractivity contribution in [3.63, 3.8) is 0 Å². The fraction of sp³-hybridized carbons (Fsp3) is 0.480. The van der Waals surface area contributed by atoms with E-state index in [1.165, 1.54) is 22.5 Å². The number of rotatable bonds is 4. The highest BCUT2D eigenvalue weighted by atomic mass is 15.3. The normalized spacial score (nSPS) is 17.9. The van der Waals surface area contributed by atoms with E-state index in [1.807, 2.05) is 6.07 Å². The van der Waals surface area contributed by atoms with Gasteiger partial charge in [0.1, 0.15) is 6.07 Å². The van der Waals surface area contributed by atoms with E-state index >= 15 is 0 Å². The van der Waals surface area contributed by atoms with E-state index < -0.39 is 0 Å². The van der Waals surface area contributed by atoms with Gasteiger partial charge in [-0.3, -0.25) is 0 Å². The van der Waals surface area contributed by atoms with E-state index in [1.54, 1.807) is 0 Å². The summed E-state index contributed by atoms with van der Waals surface area (Å²) in [5, 5.41) is 9.78. The lowest BCUT2D eigenvalue weighted by Gasteiger charge is -2.40. The fourth-order valence-electron chi connectivity index (χ4n) is 4.71. The maximum atomic E-state index is 9.78. The van der Waals surface area contributed by atoms with E-state index in [2.05, 4.69) is 76.9 Å². The first-order chi connectivity index (χ1) is 14.6. The quantitative estimate of drug-likeness (QED) is 0.781. The minimum absolute atomic E-state index is 0.797. The highest BCUT2D eigenvalue weighted by molar-refractivity contribution is 5.74. The van der Waals surface area contributed by atoms with Gasteiger partial charge in [0.05, 0.1) is 11.3 Å². The fourth-order valence-corrected chi connectivity index (χ4v) is 4.71. The minimum atomic E-state index is 0.797. The third-order valence-electron chi connectivity index (χ3n) is 6.67. The van der Waals surface area contributed by atoms with Gasteiger partial charge in [0.2, 0.25) is 0 Å². The smallest absolute Gasteiger partial charge is 0.101 e. The first-order valence-corrected chi connectivity index (χ1v) is 11.2. The molecule has 0 saturated carbocycles. The maximum absolute atomic E-state index is 9.78. The molecule has 2 fully saturated rings. The van der Waals surface area contributed by atoms with Crippen LogP contribution in [0.1, 0.15) is 23.6 Å². The summed E-state index contributed by atoms with van der Waals surface area (Å²) >= 11 is 0. The molecule has 5 heteroatoms. The Hall–Kier alpha value is -2.71. The monoisotopic (exact) mass is 403 g/mol. The number of piperazine rings is 2. The average molecular weight is 404 g/mol. The minimum Gasteiger partial charge on any atom is -0.369 e. The van der Waals surface area contributed by atoms with Gasteiger partial charge < -0.3 is 19.6 Å². The standard InChI is InChI=1S/C25H33N5/c1-4-21-5-8-23(9-6-21)28-15-17-30(18-16-28)25-20(2)24(10-7-22(25)19-26)29-13-11-27(3)12-14-29/h5-10H,4,11-18H2,1-3H3. The summed E-state index contributed by atoms with van der Waals surface area (Å²) in [6.45, 7) is 12.5. The average Bonchev–Trinajstić information content (AvgIpc) is 2.80. The van der Waals surface area contributed by atoms with Crippen LogP contribution in [-0.2, 0) is 6.42 Å². The molecule has 0 N–H and O–H groups in total. The number of anilines is 3. The molecule has 0 aromatic heterocycles. The predicted octanol–water partition coefficient (Wildman–Crippen LogP) is 3.51. The Morgan fingerprint density at radius 3 is 2.00 bits per heavy atom. The largest absolute Gasteiger partial charge is 0.369 e. The summed E-state index contributed by atoms with van der Waals surface area (Å²) in [5.74, 6) is 0. The van der Waals surface area contributed by atoms with Crippen LogP contribution in [0.2, 0.25) is 0 Å². The van der Waals surface area contributed by atoms with Gasteiger partial charge in [0.15, 0.2) is 0 Å². The zero-order valence-corrected chi connectivity index (χ0v) is 18.6. The number of likely N-dealkylation sites (N-methyl/N-ethyl adjacent to an activating group) is 1. The van der Waals surface area contributed by atoms with Gasteiger partial charge in [0.25, 0.3) is 0 Å². The summed E-state index contributed by atoms with van der Waals surface area (Å²) < 4.78 is 0. The van der Waals surface area contributed by atoms with Crippen LogP contribution in [0.3, 0.4) is 0 Å². The van der Waals surface area contributed by atoms with Crippen LogP contribution in [0.5, 0.6) is 0 Å². The van der Waals surface area contributed by atoms with E-state index in [9.17, 15) is 5.26 Å². The van der Waals surface area contributed by atoms with Gasteiger partial charge in [-0.2, -0.15) is 5.26 Å². The number of hydrogen-bond acceptors (Lipinski definition) is 5. The van der Waals surface area contributed by atoms with Crippen molar-refractivity contribution >= 4 is 17.1 Å². The lowest BCUT2D eigenvalue weighted by molar-refractivity contribution is 0.312. The molecule has 0 radical (unpaired) electrons. The molecule has 2 aromatic rings. The van der Waals surface area contributed by atoms with Crippen molar-refractivity contribution in [1.82, 2.24) is 4.90 Å². The molecule has 2 aliphatic rings. The highest BCUT2D eigenvalue weighted by Crippen LogP contribution is 2.34. The predicted molar refractivity (Wildman–Crippen MR) is 126 cm³/mol. The first-order valence-electron chi connectivity index (χ1n) is 11.2. The third-order valence-corrected chi connectivity index (χ3v) is 6.67. The highest BCUT2D eigenvalue weighted by Gasteiger charge is 2.24. The summed E-state index contributed by atoms with van der Waals surface area (Å²) in [6.07, 6.45) is 1.08. The van der Waals surface area contributed by atoms with Gasteiger partial charge in [-0.05, 0) is 55.8 Å². The van der Waals surface area contributed by atoms with Gasteiger partial charge in [-0.25, -0.2) is 0 Å². The Morgan fingerprint density at radius 2 is 1.40 bits per heavy atom. The number of aryl methyl sites for hydroxylation is 1. The molecule has 158 valence electrons. The second-order valence-electron chi connectivity index (χ2n) is 8.50. The van der Waals surface area contributed by atoms with Gasteiger partial charge in [-0.15, -0.1) is 0 Å². The van der Waals surface area contributed by atoms with E-state index in [4.69, 9.17) is 0 Å². The van der Waals surface area contributed by atoms with Crippen LogP contribution >= 0.6 is 0 Å². The zero-order chi connectivity index (χ0) is 21.1. The molecule has 30 heavy (non-hydrogen) atoms. The van der Waals surface area contributed by atoms with Gasteiger partial charge >= 0.3 is 0 Å². The van der Waals surface area contributed by atoms with Crippen LogP contribution in [-0.4, -0.2) is 64.3 Å². The molecule has 0 bridgehead atoms. The first kappa shape index (κ1) is 20.6. The SMILES string of the molecule is CCc1ccc(N2CCN(c3c(C#N)ccc(N4CCN(C)CC4)c3C)CC2)cc1. The van der Waals surface area contributed by atoms with Gasteiger partial charge in [-0.1, -0.05) is 19.1 Å². The molecule has 0 amide bonds. The number of nitriles is 1. The second-order valence-corrected chi connectivity index (χ2v) is 8.50. The molecule has 0 unspecified atom stereocenters. The summed E-state index contributed by atoms with van der Waals surface area (Å²) in [6, 6.07) is 15.6. The van der Waals surface area contributed by atoms with Crippen LogP contribution in [0.15, 0.2) is 36.4 Å². The van der Waals surface area contributed by atoms with Crippen LogP contribution in [0.25, 0.3) is 0 Å². The Bertz CT molecular complexity index is 898. The Morgan fingerprint density at radius 1 is 0.800 bits per heavy atom. The molecule has 0 atom stereocenters. The number of nitrogens with zero attached hydrogens (tertiary/aromatic N) is 5. The van der Waals surface area contributed by atoms with Gasteiger partial charge in [0, 0.05) is 63.7 Å². The van der Waals surface area contributed by atoms with Crippen molar-refractivity contribution in [2.45, 2.75) is 20.3 Å². The van der Waals surface area contributed by atoms with Crippen molar-refractivity contribution in [3.05, 3.63) is 53.1 Å². The molecule has 0 spiro atoms. The van der Waals surface area contributed by atoms with Crippen LogP contribution < -0.4 is 14.7 Å². The summed E-state index contributed by atoms with van der Waals surface area (Å²) in [7, 11) is 2.18. The van der Waals surface area contributed by atoms with E-state index in [0.717, 1.165) is 70.0 Å². The Kier molecular flexibility index (Phi) is 6.15. The topological polar surface area (TPSA) is 36.8 Å². The molecule has 0 aliphatic carbocycles. The van der Waals surface area contributed by atoms with Crippen molar-refractivity contribution in [2.75, 3.05) is 74.1 Å². The maximum Gasteiger partial charge on any atom is 0.101 e. The molecule has 2 aliphatic heterocycles. The van der Waals surface area contributed by atoms with Crippen molar-refractivity contribution in [2.24, 2.45) is 0 Å². The molecule has 2 aromatic carbocycles. The molecule has 2 heterocycles. The van der Waals surface area contributed by atoms with E-state index in [-0.39, 0.29) is 0 Å². The lowest BCUT2D eigenvalue weighted by atomic mass is 10.0. The molecular formula is C25H33N5. The number of benzene rings is 2. The van der Waals surface area contributed by atoms with Crippen LogP contribution in [0, 0.1) is 18.3 Å². The summed E-state index contributed by atoms with van der Waals surface area (Å²) in [4.78, 5) is 9.74. The van der Waals surface area contributed by atoms with Crippen molar-refractivity contribution < 1.29 is 0 Å². The second kappa shape index (κ2) is 8.97. The number of hydrogen-bond donors (Lipinski definition) is 0. The van der Waals surface area contributed by atoms with E-state index in [0.29, 0.717) is 0 Å². The molecule has 5 nitrogen and oxygen atoms in total. The van der Waals surface area contributed by atoms with Crippen molar-refractivity contribution in [1.29, 1.82) is 5.26 Å². The Labute approximate surface area is 181 Å².